The van der Waals surface area contributed by atoms with Gasteiger partial charge in [-0.05, 0) is 39.0 Å². The molecular weight excluding hydrogens is 258 g/mol. The lowest BCUT2D eigenvalue weighted by molar-refractivity contribution is -0.138. The van der Waals surface area contributed by atoms with E-state index in [0.29, 0.717) is 12.3 Å². The number of carboxylic acids is 1. The number of carbonyl (C=O) groups excluding carboxylic acids is 1. The molecule has 0 heterocycles. The van der Waals surface area contributed by atoms with E-state index in [1.807, 2.05) is 13.8 Å². The molecule has 5 heteroatoms. The molecule has 2 unspecified atom stereocenters. The second-order valence-electron chi connectivity index (χ2n) is 6.44. The van der Waals surface area contributed by atoms with E-state index in [2.05, 4.69) is 12.2 Å². The van der Waals surface area contributed by atoms with Crippen LogP contribution < -0.4 is 5.32 Å². The van der Waals surface area contributed by atoms with Crippen LogP contribution in [0.25, 0.3) is 0 Å². The van der Waals surface area contributed by atoms with Gasteiger partial charge in [-0.15, -0.1) is 0 Å². The van der Waals surface area contributed by atoms with Gasteiger partial charge in [-0.3, -0.25) is 9.59 Å². The van der Waals surface area contributed by atoms with Gasteiger partial charge in [0.25, 0.3) is 0 Å². The third-order valence-corrected chi connectivity index (χ3v) is 3.90. The van der Waals surface area contributed by atoms with Gasteiger partial charge in [0.1, 0.15) is 6.61 Å². The van der Waals surface area contributed by atoms with E-state index in [1.165, 1.54) is 12.8 Å². The third kappa shape index (κ3) is 6.37. The molecule has 0 aliphatic heterocycles. The molecule has 1 rings (SSSR count). The van der Waals surface area contributed by atoms with Gasteiger partial charge in [0.2, 0.25) is 5.91 Å². The van der Waals surface area contributed by atoms with Crippen LogP contribution in [-0.4, -0.2) is 35.2 Å². The number of aliphatic carboxylic acids is 1. The second kappa shape index (κ2) is 7.62. The van der Waals surface area contributed by atoms with Crippen molar-refractivity contribution in [3.8, 4) is 0 Å². The summed E-state index contributed by atoms with van der Waals surface area (Å²) in [5.74, 6) is -0.505. The van der Waals surface area contributed by atoms with Crippen LogP contribution in [0.3, 0.4) is 0 Å². The molecule has 0 saturated heterocycles. The van der Waals surface area contributed by atoms with E-state index in [4.69, 9.17) is 9.84 Å². The zero-order valence-corrected chi connectivity index (χ0v) is 12.8. The first-order valence-corrected chi connectivity index (χ1v) is 7.44. The van der Waals surface area contributed by atoms with Crippen LogP contribution in [0.15, 0.2) is 0 Å². The Morgan fingerprint density at radius 2 is 1.95 bits per heavy atom. The van der Waals surface area contributed by atoms with E-state index in [-0.39, 0.29) is 25.0 Å². The standard InChI is InChI=1S/C15H27NO4/c1-11-6-4-5-7-12(11)20-10-13(17)16-15(2,3)9-8-14(18)19/h11-12H,4-10H2,1-3H3,(H,16,17)(H,18,19). The Bertz CT molecular complexity index is 341. The van der Waals surface area contributed by atoms with E-state index >= 15 is 0 Å². The average molecular weight is 285 g/mol. The number of amides is 1. The van der Waals surface area contributed by atoms with Crippen LogP contribution in [0.1, 0.15) is 59.3 Å². The number of hydrogen-bond acceptors (Lipinski definition) is 3. The molecule has 0 spiro atoms. The lowest BCUT2D eigenvalue weighted by Gasteiger charge is -2.30. The maximum atomic E-state index is 11.9. The first-order valence-electron chi connectivity index (χ1n) is 7.44. The normalized spacial score (nSPS) is 23.4. The lowest BCUT2D eigenvalue weighted by atomic mass is 9.88. The highest BCUT2D eigenvalue weighted by Crippen LogP contribution is 2.26. The summed E-state index contributed by atoms with van der Waals surface area (Å²) in [5, 5.41) is 11.5. The Morgan fingerprint density at radius 1 is 1.30 bits per heavy atom. The van der Waals surface area contributed by atoms with Gasteiger partial charge in [-0.25, -0.2) is 0 Å². The van der Waals surface area contributed by atoms with Crippen molar-refractivity contribution in [1.29, 1.82) is 0 Å². The minimum absolute atomic E-state index is 0.0494. The molecule has 0 aromatic carbocycles. The van der Waals surface area contributed by atoms with Gasteiger partial charge >= 0.3 is 5.97 Å². The summed E-state index contributed by atoms with van der Waals surface area (Å²) in [6.07, 6.45) is 5.24. The molecule has 2 N–H and O–H groups in total. The highest BCUT2D eigenvalue weighted by Gasteiger charge is 2.25. The van der Waals surface area contributed by atoms with Gasteiger partial charge < -0.3 is 15.2 Å². The van der Waals surface area contributed by atoms with Gasteiger partial charge in [0.05, 0.1) is 6.10 Å². The van der Waals surface area contributed by atoms with Crippen molar-refractivity contribution < 1.29 is 19.4 Å². The fourth-order valence-electron chi connectivity index (χ4n) is 2.61. The van der Waals surface area contributed by atoms with Crippen LogP contribution in [-0.2, 0) is 14.3 Å². The number of hydrogen-bond donors (Lipinski definition) is 2. The minimum atomic E-state index is -0.848. The molecule has 0 aromatic heterocycles. The average Bonchev–Trinajstić information content (AvgIpc) is 2.35. The summed E-state index contributed by atoms with van der Waals surface area (Å²) in [4.78, 5) is 22.4. The van der Waals surface area contributed by atoms with Crippen molar-refractivity contribution in [2.24, 2.45) is 5.92 Å². The molecule has 1 saturated carbocycles. The molecule has 0 aromatic rings. The highest BCUT2D eigenvalue weighted by molar-refractivity contribution is 5.78. The maximum Gasteiger partial charge on any atom is 0.303 e. The molecule has 5 nitrogen and oxygen atoms in total. The molecule has 116 valence electrons. The molecule has 2 atom stereocenters. The minimum Gasteiger partial charge on any atom is -0.481 e. The highest BCUT2D eigenvalue weighted by atomic mass is 16.5. The summed E-state index contributed by atoms with van der Waals surface area (Å²) >= 11 is 0. The van der Waals surface area contributed by atoms with Crippen LogP contribution in [0, 0.1) is 5.92 Å². The smallest absolute Gasteiger partial charge is 0.303 e. The Morgan fingerprint density at radius 3 is 2.55 bits per heavy atom. The lowest BCUT2D eigenvalue weighted by Crippen LogP contribution is -2.46. The summed E-state index contributed by atoms with van der Waals surface area (Å²) in [6.45, 7) is 5.89. The predicted octanol–water partition coefficient (Wildman–Crippen LogP) is 2.34. The topological polar surface area (TPSA) is 75.6 Å². The zero-order valence-electron chi connectivity index (χ0n) is 12.8. The van der Waals surface area contributed by atoms with Gasteiger partial charge in [0, 0.05) is 12.0 Å². The van der Waals surface area contributed by atoms with Crippen LogP contribution in [0.2, 0.25) is 0 Å². The Balaban J connectivity index is 2.29. The largest absolute Gasteiger partial charge is 0.481 e. The van der Waals surface area contributed by atoms with E-state index in [0.717, 1.165) is 12.8 Å². The fraction of sp³-hybridized carbons (Fsp3) is 0.867. The molecule has 1 amide bonds. The molecule has 0 bridgehead atoms. The molecule has 1 aliphatic rings. The van der Waals surface area contributed by atoms with Crippen LogP contribution in [0.5, 0.6) is 0 Å². The maximum absolute atomic E-state index is 11.9. The monoisotopic (exact) mass is 285 g/mol. The predicted molar refractivity (Wildman–Crippen MR) is 76.5 cm³/mol. The molecule has 1 aliphatic carbocycles. The SMILES string of the molecule is CC1CCCCC1OCC(=O)NC(C)(C)CCC(=O)O. The van der Waals surface area contributed by atoms with Gasteiger partial charge in [-0.2, -0.15) is 0 Å². The van der Waals surface area contributed by atoms with Crippen molar-refractivity contribution in [3.05, 3.63) is 0 Å². The summed E-state index contributed by atoms with van der Waals surface area (Å²) in [7, 11) is 0. The molecule has 20 heavy (non-hydrogen) atoms. The van der Waals surface area contributed by atoms with Crippen molar-refractivity contribution in [3.63, 3.8) is 0 Å². The Labute approximate surface area is 121 Å². The number of nitrogens with one attached hydrogen (secondary N) is 1. The van der Waals surface area contributed by atoms with Crippen molar-refractivity contribution in [2.45, 2.75) is 70.9 Å². The van der Waals surface area contributed by atoms with Crippen LogP contribution in [0.4, 0.5) is 0 Å². The summed E-state index contributed by atoms with van der Waals surface area (Å²) in [5.41, 5.74) is -0.517. The van der Waals surface area contributed by atoms with Crippen molar-refractivity contribution in [1.82, 2.24) is 5.32 Å². The van der Waals surface area contributed by atoms with Gasteiger partial charge in [0.15, 0.2) is 0 Å². The van der Waals surface area contributed by atoms with Crippen LogP contribution >= 0.6 is 0 Å². The number of carbonyl (C=O) groups is 2. The number of rotatable bonds is 7. The van der Waals surface area contributed by atoms with E-state index in [1.54, 1.807) is 0 Å². The van der Waals surface area contributed by atoms with E-state index in [9.17, 15) is 9.59 Å². The van der Waals surface area contributed by atoms with Gasteiger partial charge in [-0.1, -0.05) is 19.8 Å². The quantitative estimate of drug-likeness (QED) is 0.753. The number of ether oxygens (including phenoxy) is 1. The first-order chi connectivity index (χ1) is 9.30. The van der Waals surface area contributed by atoms with E-state index < -0.39 is 11.5 Å². The Hall–Kier alpha value is -1.10. The fourth-order valence-corrected chi connectivity index (χ4v) is 2.61. The van der Waals surface area contributed by atoms with Crippen molar-refractivity contribution >= 4 is 11.9 Å². The third-order valence-electron chi connectivity index (χ3n) is 3.90. The summed E-state index contributed by atoms with van der Waals surface area (Å²) < 4.78 is 5.70. The molecule has 0 radical (unpaired) electrons. The summed E-state index contributed by atoms with van der Waals surface area (Å²) in [6, 6.07) is 0. The molecular formula is C15H27NO4. The zero-order chi connectivity index (χ0) is 15.2. The molecule has 1 fully saturated rings. The number of carboxylic acid groups (broad SMARTS) is 1. The second-order valence-corrected chi connectivity index (χ2v) is 6.44. The Kier molecular flexibility index (Phi) is 6.46. The van der Waals surface area contributed by atoms with Crippen molar-refractivity contribution in [2.75, 3.05) is 6.61 Å². The first kappa shape index (κ1) is 17.0.